The molecule has 9 heteroatoms. The minimum absolute atomic E-state index is 0.196. The maximum atomic E-state index is 12.7. The van der Waals surface area contributed by atoms with Crippen LogP contribution in [0.15, 0.2) is 57.8 Å². The van der Waals surface area contributed by atoms with Gasteiger partial charge < -0.3 is 4.42 Å². The highest BCUT2D eigenvalue weighted by Gasteiger charge is 2.18. The zero-order valence-corrected chi connectivity index (χ0v) is 18.4. The Labute approximate surface area is 180 Å². The number of carbonyl (C=O) groups is 2. The van der Waals surface area contributed by atoms with Gasteiger partial charge in [0.2, 0.25) is 0 Å². The molecule has 0 radical (unpaired) electrons. The molecule has 0 aliphatic rings. The average molecular weight is 442 g/mol. The van der Waals surface area contributed by atoms with Crippen molar-refractivity contribution in [1.82, 2.24) is 10.9 Å². The zero-order valence-electron chi connectivity index (χ0n) is 17.6. The summed E-state index contributed by atoms with van der Waals surface area (Å²) in [4.78, 5) is 24.6. The van der Waals surface area contributed by atoms with Crippen LogP contribution in [0.1, 0.15) is 43.4 Å². The first kappa shape index (κ1) is 22.1. The second kappa shape index (κ2) is 8.65. The van der Waals surface area contributed by atoms with Gasteiger partial charge in [0.15, 0.2) is 0 Å². The fourth-order valence-electron chi connectivity index (χ4n) is 3.01. The molecule has 1 aromatic heterocycles. The highest BCUT2D eigenvalue weighted by Crippen LogP contribution is 2.21. The predicted octanol–water partition coefficient (Wildman–Crippen LogP) is 3.39. The van der Waals surface area contributed by atoms with Crippen LogP contribution < -0.4 is 15.6 Å². The molecule has 8 nitrogen and oxygen atoms in total. The van der Waals surface area contributed by atoms with Crippen LogP contribution >= 0.6 is 0 Å². The van der Waals surface area contributed by atoms with Crippen LogP contribution in [-0.4, -0.2) is 20.2 Å². The van der Waals surface area contributed by atoms with Gasteiger partial charge in [0.1, 0.15) is 11.5 Å². The quantitative estimate of drug-likeness (QED) is 0.525. The van der Waals surface area contributed by atoms with E-state index < -0.39 is 21.8 Å². The largest absolute Gasteiger partial charge is 0.466 e. The third-order valence-electron chi connectivity index (χ3n) is 4.61. The van der Waals surface area contributed by atoms with Gasteiger partial charge >= 0.3 is 0 Å². The first-order valence-electron chi connectivity index (χ1n) is 9.44. The van der Waals surface area contributed by atoms with E-state index in [-0.39, 0.29) is 10.5 Å². The molecule has 2 amide bonds. The minimum Gasteiger partial charge on any atom is -0.466 e. The molecule has 0 fully saturated rings. The SMILES string of the molecule is Cc1ccc(C)c(S(=O)(=O)Nc2ccc(C(=O)NNC(=O)c3cc(C)oc3C)cc2)c1. The molecule has 0 aliphatic carbocycles. The lowest BCUT2D eigenvalue weighted by atomic mass is 10.2. The van der Waals surface area contributed by atoms with Gasteiger partial charge in [0, 0.05) is 11.3 Å². The second-order valence-corrected chi connectivity index (χ2v) is 8.84. The van der Waals surface area contributed by atoms with Crippen LogP contribution in [0, 0.1) is 27.7 Å². The average Bonchev–Trinajstić information content (AvgIpc) is 3.06. The zero-order chi connectivity index (χ0) is 22.8. The normalized spacial score (nSPS) is 11.1. The molecule has 2 aromatic carbocycles. The maximum Gasteiger partial charge on any atom is 0.273 e. The lowest BCUT2D eigenvalue weighted by molar-refractivity contribution is 0.0845. The molecule has 0 saturated carbocycles. The molecule has 31 heavy (non-hydrogen) atoms. The third kappa shape index (κ3) is 5.13. The van der Waals surface area contributed by atoms with E-state index in [9.17, 15) is 18.0 Å². The Balaban J connectivity index is 1.65. The van der Waals surface area contributed by atoms with Crippen molar-refractivity contribution >= 4 is 27.5 Å². The summed E-state index contributed by atoms with van der Waals surface area (Å²) < 4.78 is 33.2. The van der Waals surface area contributed by atoms with Gasteiger partial charge in [-0.25, -0.2) is 8.42 Å². The molecule has 0 bridgehead atoms. The van der Waals surface area contributed by atoms with Crippen LogP contribution in [-0.2, 0) is 10.0 Å². The van der Waals surface area contributed by atoms with Gasteiger partial charge in [-0.05, 0) is 75.2 Å². The Morgan fingerprint density at radius 3 is 2.10 bits per heavy atom. The van der Waals surface area contributed by atoms with Crippen LogP contribution in [0.3, 0.4) is 0 Å². The van der Waals surface area contributed by atoms with Gasteiger partial charge in [-0.15, -0.1) is 0 Å². The summed E-state index contributed by atoms with van der Waals surface area (Å²) in [5, 5.41) is 0. The smallest absolute Gasteiger partial charge is 0.273 e. The van der Waals surface area contributed by atoms with Crippen molar-refractivity contribution in [3.63, 3.8) is 0 Å². The van der Waals surface area contributed by atoms with Crippen molar-refractivity contribution in [2.45, 2.75) is 32.6 Å². The van der Waals surface area contributed by atoms with Gasteiger partial charge in [0.05, 0.1) is 10.5 Å². The summed E-state index contributed by atoms with van der Waals surface area (Å²) in [6.07, 6.45) is 0. The maximum absolute atomic E-state index is 12.7. The Morgan fingerprint density at radius 1 is 0.839 bits per heavy atom. The monoisotopic (exact) mass is 441 g/mol. The van der Waals surface area contributed by atoms with Crippen molar-refractivity contribution in [2.24, 2.45) is 0 Å². The lowest BCUT2D eigenvalue weighted by Gasteiger charge is -2.12. The first-order valence-corrected chi connectivity index (χ1v) is 10.9. The van der Waals surface area contributed by atoms with Crippen LogP contribution in [0.5, 0.6) is 0 Å². The third-order valence-corrected chi connectivity index (χ3v) is 6.13. The molecule has 3 aromatic rings. The Hall–Kier alpha value is -3.59. The van der Waals surface area contributed by atoms with E-state index in [1.165, 1.54) is 24.3 Å². The topological polar surface area (TPSA) is 118 Å². The van der Waals surface area contributed by atoms with Gasteiger partial charge in [0.25, 0.3) is 21.8 Å². The highest BCUT2D eigenvalue weighted by molar-refractivity contribution is 7.92. The fourth-order valence-corrected chi connectivity index (χ4v) is 4.40. The van der Waals surface area contributed by atoms with E-state index in [4.69, 9.17) is 4.42 Å². The molecule has 0 aliphatic heterocycles. The number of rotatable bonds is 5. The van der Waals surface area contributed by atoms with Gasteiger partial charge in [-0.3, -0.25) is 25.2 Å². The van der Waals surface area contributed by atoms with E-state index in [0.29, 0.717) is 28.3 Å². The Kier molecular flexibility index (Phi) is 6.16. The van der Waals surface area contributed by atoms with Crippen LogP contribution in [0.2, 0.25) is 0 Å². The van der Waals surface area contributed by atoms with Crippen molar-refractivity contribution in [3.8, 4) is 0 Å². The number of aryl methyl sites for hydroxylation is 4. The predicted molar refractivity (Wildman–Crippen MR) is 116 cm³/mol. The molecule has 0 saturated heterocycles. The molecule has 3 N–H and O–H groups in total. The van der Waals surface area contributed by atoms with Gasteiger partial charge in [-0.2, -0.15) is 0 Å². The number of benzene rings is 2. The summed E-state index contributed by atoms with van der Waals surface area (Å²) in [6.45, 7) is 6.92. The summed E-state index contributed by atoms with van der Waals surface area (Å²) >= 11 is 0. The molecule has 0 atom stereocenters. The number of anilines is 1. The number of hydrazine groups is 1. The Morgan fingerprint density at radius 2 is 1.48 bits per heavy atom. The number of amides is 2. The number of nitrogens with one attached hydrogen (secondary N) is 3. The highest BCUT2D eigenvalue weighted by atomic mass is 32.2. The fraction of sp³-hybridized carbons (Fsp3) is 0.182. The van der Waals surface area contributed by atoms with Gasteiger partial charge in [-0.1, -0.05) is 12.1 Å². The van der Waals surface area contributed by atoms with E-state index in [2.05, 4.69) is 15.6 Å². The summed E-state index contributed by atoms with van der Waals surface area (Å²) in [7, 11) is -3.77. The first-order chi connectivity index (χ1) is 14.6. The molecule has 0 spiro atoms. The summed E-state index contributed by atoms with van der Waals surface area (Å²) in [5.74, 6) is -0.00614. The van der Waals surface area contributed by atoms with E-state index in [0.717, 1.165) is 5.56 Å². The van der Waals surface area contributed by atoms with E-state index >= 15 is 0 Å². The molecule has 0 unspecified atom stereocenters. The second-order valence-electron chi connectivity index (χ2n) is 7.19. The lowest BCUT2D eigenvalue weighted by Crippen LogP contribution is -2.41. The van der Waals surface area contributed by atoms with E-state index in [1.807, 2.05) is 13.0 Å². The standard InChI is InChI=1S/C22H23N3O5S/c1-13-5-6-14(2)20(11-13)31(28,29)25-18-9-7-17(8-10-18)21(26)23-24-22(27)19-12-15(3)30-16(19)4/h5-12,25H,1-4H3,(H,23,26)(H,24,27). The van der Waals surface area contributed by atoms with Crippen LogP contribution in [0.25, 0.3) is 0 Å². The number of hydrogen-bond acceptors (Lipinski definition) is 5. The van der Waals surface area contributed by atoms with Crippen molar-refractivity contribution in [1.29, 1.82) is 0 Å². The van der Waals surface area contributed by atoms with Crippen molar-refractivity contribution < 1.29 is 22.4 Å². The van der Waals surface area contributed by atoms with Crippen molar-refractivity contribution in [2.75, 3.05) is 4.72 Å². The molecular weight excluding hydrogens is 418 g/mol. The number of sulfonamides is 1. The molecule has 3 rings (SSSR count). The number of hydrogen-bond donors (Lipinski definition) is 3. The molecular formula is C22H23N3O5S. The Bertz CT molecular complexity index is 1240. The molecule has 1 heterocycles. The van der Waals surface area contributed by atoms with Crippen LogP contribution in [0.4, 0.5) is 5.69 Å². The summed E-state index contributed by atoms with van der Waals surface area (Å²) in [5.41, 5.74) is 7.00. The minimum atomic E-state index is -3.77. The summed E-state index contributed by atoms with van der Waals surface area (Å²) in [6, 6.07) is 12.6. The molecule has 162 valence electrons. The van der Waals surface area contributed by atoms with Crippen molar-refractivity contribution in [3.05, 3.63) is 82.3 Å². The number of carbonyl (C=O) groups excluding carboxylic acids is 2. The number of furan rings is 1. The van der Waals surface area contributed by atoms with E-state index in [1.54, 1.807) is 39.0 Å².